The monoisotopic (exact) mass is 326 g/mol. The van der Waals surface area contributed by atoms with Crippen molar-refractivity contribution in [2.75, 3.05) is 19.8 Å². The first-order valence-corrected chi connectivity index (χ1v) is 7.64. The minimum absolute atomic E-state index is 0. The summed E-state index contributed by atoms with van der Waals surface area (Å²) in [5, 5.41) is 2.99. The molecule has 5 heteroatoms. The number of amides is 1. The zero-order chi connectivity index (χ0) is 15.5. The number of halogens is 1. The van der Waals surface area contributed by atoms with E-state index in [0.717, 1.165) is 6.42 Å². The average Bonchev–Trinajstić information content (AvgIpc) is 2.42. The van der Waals surface area contributed by atoms with Gasteiger partial charge in [-0.1, -0.05) is 17.7 Å². The van der Waals surface area contributed by atoms with Crippen molar-refractivity contribution in [3.63, 3.8) is 0 Å². The highest BCUT2D eigenvalue weighted by Crippen LogP contribution is 2.19. The summed E-state index contributed by atoms with van der Waals surface area (Å²) in [6.45, 7) is 8.12. The molecule has 22 heavy (non-hydrogen) atoms. The van der Waals surface area contributed by atoms with Crippen molar-refractivity contribution in [2.45, 2.75) is 45.6 Å². The minimum atomic E-state index is -0.754. The quantitative estimate of drug-likeness (QED) is 0.891. The SMILES string of the molecule is Cc1cc(C)c(CCNC(=O)C2(N)CCOCC2)c(C)c1.Cl. The third-order valence-electron chi connectivity index (χ3n) is 4.34. The maximum atomic E-state index is 12.2. The first kappa shape index (κ1) is 18.9. The van der Waals surface area contributed by atoms with E-state index in [1.807, 2.05) is 0 Å². The number of rotatable bonds is 4. The van der Waals surface area contributed by atoms with Crippen molar-refractivity contribution < 1.29 is 9.53 Å². The molecule has 0 saturated carbocycles. The summed E-state index contributed by atoms with van der Waals surface area (Å²) in [4.78, 5) is 12.2. The van der Waals surface area contributed by atoms with Gasteiger partial charge in [-0.05, 0) is 56.7 Å². The molecule has 1 heterocycles. The van der Waals surface area contributed by atoms with E-state index in [1.165, 1.54) is 22.3 Å². The van der Waals surface area contributed by atoms with Crippen molar-refractivity contribution in [1.29, 1.82) is 0 Å². The van der Waals surface area contributed by atoms with Crippen LogP contribution in [0.3, 0.4) is 0 Å². The largest absolute Gasteiger partial charge is 0.381 e. The van der Waals surface area contributed by atoms with Crippen LogP contribution in [0.1, 0.15) is 35.1 Å². The molecule has 0 atom stereocenters. The number of carbonyl (C=O) groups is 1. The molecule has 124 valence electrons. The Labute approximate surface area is 139 Å². The molecule has 0 aromatic heterocycles. The number of nitrogens with two attached hydrogens (primary N) is 1. The van der Waals surface area contributed by atoms with Crippen LogP contribution in [0.15, 0.2) is 12.1 Å². The molecule has 1 aliphatic heterocycles. The van der Waals surface area contributed by atoms with Crippen molar-refractivity contribution in [3.8, 4) is 0 Å². The van der Waals surface area contributed by atoms with Gasteiger partial charge in [0, 0.05) is 19.8 Å². The van der Waals surface area contributed by atoms with Gasteiger partial charge in [-0.15, -0.1) is 12.4 Å². The lowest BCUT2D eigenvalue weighted by Crippen LogP contribution is -2.57. The first-order valence-electron chi connectivity index (χ1n) is 7.64. The Balaban J connectivity index is 0.00000242. The van der Waals surface area contributed by atoms with Gasteiger partial charge in [-0.3, -0.25) is 4.79 Å². The van der Waals surface area contributed by atoms with Gasteiger partial charge in [0.15, 0.2) is 0 Å². The molecule has 0 bridgehead atoms. The molecule has 2 rings (SSSR count). The maximum absolute atomic E-state index is 12.2. The van der Waals surface area contributed by atoms with E-state index in [4.69, 9.17) is 10.5 Å². The number of hydrogen-bond donors (Lipinski definition) is 2. The van der Waals surface area contributed by atoms with Gasteiger partial charge in [0.05, 0.1) is 5.54 Å². The Bertz CT molecular complexity index is 502. The molecular weight excluding hydrogens is 300 g/mol. The standard InChI is InChI=1S/C17H26N2O2.ClH/c1-12-10-13(2)15(14(3)11-12)4-7-19-16(20)17(18)5-8-21-9-6-17;/h10-11H,4-9,18H2,1-3H3,(H,19,20);1H. The molecular formula is C17H27ClN2O2. The van der Waals surface area contributed by atoms with Gasteiger partial charge < -0.3 is 15.8 Å². The number of carbonyl (C=O) groups excluding carboxylic acids is 1. The second-order valence-corrected chi connectivity index (χ2v) is 6.15. The van der Waals surface area contributed by atoms with Crippen molar-refractivity contribution in [3.05, 3.63) is 34.4 Å². The molecule has 1 saturated heterocycles. The molecule has 1 aromatic rings. The lowest BCUT2D eigenvalue weighted by Gasteiger charge is -2.31. The summed E-state index contributed by atoms with van der Waals surface area (Å²) in [7, 11) is 0. The Morgan fingerprint density at radius 3 is 2.32 bits per heavy atom. The van der Waals surface area contributed by atoms with Crippen molar-refractivity contribution in [1.82, 2.24) is 5.32 Å². The van der Waals surface area contributed by atoms with Gasteiger partial charge in [-0.2, -0.15) is 0 Å². The molecule has 0 aliphatic carbocycles. The van der Waals surface area contributed by atoms with E-state index < -0.39 is 5.54 Å². The summed E-state index contributed by atoms with van der Waals surface area (Å²) in [6, 6.07) is 4.38. The highest BCUT2D eigenvalue weighted by Gasteiger charge is 2.35. The fraction of sp³-hybridized carbons (Fsp3) is 0.588. The zero-order valence-electron chi connectivity index (χ0n) is 13.7. The summed E-state index contributed by atoms with van der Waals surface area (Å²) in [5.74, 6) is -0.0479. The van der Waals surface area contributed by atoms with E-state index in [9.17, 15) is 4.79 Å². The van der Waals surface area contributed by atoms with Crippen molar-refractivity contribution in [2.24, 2.45) is 5.73 Å². The summed E-state index contributed by atoms with van der Waals surface area (Å²) in [5.41, 5.74) is 10.6. The van der Waals surface area contributed by atoms with Crippen LogP contribution in [0.4, 0.5) is 0 Å². The number of ether oxygens (including phenoxy) is 1. The van der Waals surface area contributed by atoms with Gasteiger partial charge in [0.25, 0.3) is 0 Å². The van der Waals surface area contributed by atoms with Gasteiger partial charge >= 0.3 is 0 Å². The predicted octanol–water partition coefficient (Wildman–Crippen LogP) is 2.20. The van der Waals surface area contributed by atoms with Crippen LogP contribution in [0.2, 0.25) is 0 Å². The fourth-order valence-electron chi connectivity index (χ4n) is 3.04. The fourth-order valence-corrected chi connectivity index (χ4v) is 3.04. The topological polar surface area (TPSA) is 64.4 Å². The number of nitrogens with one attached hydrogen (secondary N) is 1. The van der Waals surface area contributed by atoms with Gasteiger partial charge in [0.1, 0.15) is 0 Å². The molecule has 1 aliphatic rings. The highest BCUT2D eigenvalue weighted by molar-refractivity contribution is 5.86. The second kappa shape index (κ2) is 7.95. The normalized spacial score (nSPS) is 16.7. The third kappa shape index (κ3) is 4.45. The first-order chi connectivity index (χ1) is 9.92. The molecule has 0 radical (unpaired) electrons. The van der Waals surface area contributed by atoms with E-state index in [1.54, 1.807) is 0 Å². The number of hydrogen-bond acceptors (Lipinski definition) is 3. The van der Waals surface area contributed by atoms with E-state index in [2.05, 4.69) is 38.2 Å². The lowest BCUT2D eigenvalue weighted by atomic mass is 9.90. The zero-order valence-corrected chi connectivity index (χ0v) is 14.5. The van der Waals surface area contributed by atoms with Crippen LogP contribution >= 0.6 is 12.4 Å². The summed E-state index contributed by atoms with van der Waals surface area (Å²) in [6.07, 6.45) is 2.04. The van der Waals surface area contributed by atoms with Gasteiger partial charge in [0.2, 0.25) is 5.91 Å². The number of aryl methyl sites for hydroxylation is 3. The van der Waals surface area contributed by atoms with Crippen LogP contribution in [-0.2, 0) is 16.0 Å². The summed E-state index contributed by atoms with van der Waals surface area (Å²) >= 11 is 0. The van der Waals surface area contributed by atoms with Crippen LogP contribution in [0.5, 0.6) is 0 Å². The Kier molecular flexibility index (Phi) is 6.85. The Morgan fingerprint density at radius 2 is 1.77 bits per heavy atom. The third-order valence-corrected chi connectivity index (χ3v) is 4.34. The highest BCUT2D eigenvalue weighted by atomic mass is 35.5. The maximum Gasteiger partial charge on any atom is 0.240 e. The molecule has 1 fully saturated rings. The van der Waals surface area contributed by atoms with Crippen LogP contribution in [0, 0.1) is 20.8 Å². The molecule has 4 nitrogen and oxygen atoms in total. The molecule has 3 N–H and O–H groups in total. The minimum Gasteiger partial charge on any atom is -0.381 e. The molecule has 0 spiro atoms. The van der Waals surface area contributed by atoms with Gasteiger partial charge in [-0.25, -0.2) is 0 Å². The second-order valence-electron chi connectivity index (χ2n) is 6.15. The number of benzene rings is 1. The molecule has 1 amide bonds. The van der Waals surface area contributed by atoms with E-state index in [-0.39, 0.29) is 18.3 Å². The van der Waals surface area contributed by atoms with Crippen LogP contribution < -0.4 is 11.1 Å². The van der Waals surface area contributed by atoms with Crippen LogP contribution in [-0.4, -0.2) is 31.2 Å². The van der Waals surface area contributed by atoms with Crippen molar-refractivity contribution >= 4 is 18.3 Å². The Morgan fingerprint density at radius 1 is 1.23 bits per heavy atom. The average molecular weight is 327 g/mol. The summed E-state index contributed by atoms with van der Waals surface area (Å²) < 4.78 is 5.27. The molecule has 0 unspecified atom stereocenters. The lowest BCUT2D eigenvalue weighted by molar-refractivity contribution is -0.129. The smallest absolute Gasteiger partial charge is 0.240 e. The Hall–Kier alpha value is -1.10. The predicted molar refractivity (Wildman–Crippen MR) is 91.6 cm³/mol. The van der Waals surface area contributed by atoms with E-state index >= 15 is 0 Å². The molecule has 1 aromatic carbocycles. The van der Waals surface area contributed by atoms with Crippen LogP contribution in [0.25, 0.3) is 0 Å². The van der Waals surface area contributed by atoms with E-state index in [0.29, 0.717) is 32.6 Å².